The van der Waals surface area contributed by atoms with Gasteiger partial charge in [-0.05, 0) is 42.8 Å². The minimum atomic E-state index is -0.530. The molecule has 0 aliphatic rings. The number of methoxy groups -OCH3 is 1. The van der Waals surface area contributed by atoms with Crippen LogP contribution in [0.5, 0.6) is 0 Å². The fourth-order valence-electron chi connectivity index (χ4n) is 2.20. The van der Waals surface area contributed by atoms with Crippen LogP contribution in [0.2, 0.25) is 0 Å². The molecule has 136 valence electrons. The Labute approximate surface area is 150 Å². The zero-order valence-electron chi connectivity index (χ0n) is 14.5. The van der Waals surface area contributed by atoms with E-state index < -0.39 is 17.7 Å². The lowest BCUT2D eigenvalue weighted by atomic mass is 10.1. The monoisotopic (exact) mass is 358 g/mol. The molecular weight excluding hydrogens is 339 g/mol. The standard InChI is InChI=1S/C19H19FN2O4/c1-12-6-7-14(11-16(12)20)18(24)22-9-8-21-17(23)13-4-3-5-15(10-13)19(25)26-2/h3-7,10-11H,8-9H2,1-2H3,(H,21,23)(H,22,24). The molecule has 0 fully saturated rings. The van der Waals surface area contributed by atoms with Crippen molar-refractivity contribution in [3.63, 3.8) is 0 Å². The molecule has 2 rings (SSSR count). The quantitative estimate of drug-likeness (QED) is 0.612. The van der Waals surface area contributed by atoms with E-state index in [-0.39, 0.29) is 30.1 Å². The second-order valence-electron chi connectivity index (χ2n) is 5.55. The summed E-state index contributed by atoms with van der Waals surface area (Å²) in [6.45, 7) is 1.97. The molecule has 0 bridgehead atoms. The molecule has 0 spiro atoms. The Balaban J connectivity index is 1.84. The van der Waals surface area contributed by atoms with E-state index >= 15 is 0 Å². The molecule has 0 saturated heterocycles. The summed E-state index contributed by atoms with van der Waals surface area (Å²) in [4.78, 5) is 35.5. The van der Waals surface area contributed by atoms with Gasteiger partial charge in [0.05, 0.1) is 12.7 Å². The lowest BCUT2D eigenvalue weighted by molar-refractivity contribution is 0.0600. The summed E-state index contributed by atoms with van der Waals surface area (Å²) < 4.78 is 18.1. The third-order valence-electron chi connectivity index (χ3n) is 3.68. The molecular formula is C19H19FN2O4. The van der Waals surface area contributed by atoms with Crippen molar-refractivity contribution in [2.45, 2.75) is 6.92 Å². The van der Waals surface area contributed by atoms with Crippen molar-refractivity contribution in [1.82, 2.24) is 10.6 Å². The Hall–Kier alpha value is -3.22. The largest absolute Gasteiger partial charge is 0.465 e. The van der Waals surface area contributed by atoms with Crippen molar-refractivity contribution in [1.29, 1.82) is 0 Å². The van der Waals surface area contributed by atoms with Gasteiger partial charge in [-0.25, -0.2) is 9.18 Å². The van der Waals surface area contributed by atoms with Gasteiger partial charge in [-0.1, -0.05) is 12.1 Å². The van der Waals surface area contributed by atoms with Crippen LogP contribution in [0.4, 0.5) is 4.39 Å². The molecule has 0 radical (unpaired) electrons. The van der Waals surface area contributed by atoms with Gasteiger partial charge in [0.2, 0.25) is 0 Å². The highest BCUT2D eigenvalue weighted by atomic mass is 19.1. The molecule has 2 aromatic carbocycles. The zero-order chi connectivity index (χ0) is 19.1. The third kappa shape index (κ3) is 4.89. The molecule has 0 aliphatic carbocycles. The summed E-state index contributed by atoms with van der Waals surface area (Å²) in [5.41, 5.74) is 1.25. The van der Waals surface area contributed by atoms with Gasteiger partial charge in [0.25, 0.3) is 11.8 Å². The van der Waals surface area contributed by atoms with Crippen LogP contribution in [0.3, 0.4) is 0 Å². The van der Waals surface area contributed by atoms with Crippen LogP contribution in [0.15, 0.2) is 42.5 Å². The first kappa shape index (κ1) is 19.1. The number of ether oxygens (including phenoxy) is 1. The van der Waals surface area contributed by atoms with Crippen LogP contribution in [-0.4, -0.2) is 38.0 Å². The normalized spacial score (nSPS) is 10.1. The van der Waals surface area contributed by atoms with E-state index in [4.69, 9.17) is 0 Å². The fourth-order valence-corrected chi connectivity index (χ4v) is 2.20. The molecule has 2 aromatic rings. The topological polar surface area (TPSA) is 84.5 Å². The maximum atomic E-state index is 13.5. The van der Waals surface area contributed by atoms with E-state index in [1.165, 1.54) is 31.4 Å². The number of carbonyl (C=O) groups is 3. The van der Waals surface area contributed by atoms with Gasteiger partial charge < -0.3 is 15.4 Å². The summed E-state index contributed by atoms with van der Waals surface area (Å²) in [5, 5.41) is 5.23. The maximum Gasteiger partial charge on any atom is 0.337 e. The number of halogens is 1. The molecule has 2 amide bonds. The molecule has 2 N–H and O–H groups in total. The average Bonchev–Trinajstić information content (AvgIpc) is 2.66. The second kappa shape index (κ2) is 8.75. The Morgan fingerprint density at radius 2 is 1.50 bits per heavy atom. The number of benzene rings is 2. The average molecular weight is 358 g/mol. The van der Waals surface area contributed by atoms with E-state index in [0.717, 1.165) is 0 Å². The second-order valence-corrected chi connectivity index (χ2v) is 5.55. The highest BCUT2D eigenvalue weighted by Crippen LogP contribution is 2.09. The van der Waals surface area contributed by atoms with Crippen LogP contribution >= 0.6 is 0 Å². The predicted molar refractivity (Wildman–Crippen MR) is 93.6 cm³/mol. The van der Waals surface area contributed by atoms with Crippen LogP contribution in [0, 0.1) is 12.7 Å². The maximum absolute atomic E-state index is 13.5. The van der Waals surface area contributed by atoms with Crippen molar-refractivity contribution >= 4 is 17.8 Å². The number of hydrogen-bond acceptors (Lipinski definition) is 4. The molecule has 6 nitrogen and oxygen atoms in total. The first-order chi connectivity index (χ1) is 12.4. The van der Waals surface area contributed by atoms with Gasteiger partial charge in [-0.3, -0.25) is 9.59 Å². The van der Waals surface area contributed by atoms with Crippen LogP contribution in [0.25, 0.3) is 0 Å². The number of nitrogens with one attached hydrogen (secondary N) is 2. The van der Waals surface area contributed by atoms with Gasteiger partial charge >= 0.3 is 5.97 Å². The number of rotatable bonds is 6. The third-order valence-corrected chi connectivity index (χ3v) is 3.68. The number of aryl methyl sites for hydroxylation is 1. The number of esters is 1. The Kier molecular flexibility index (Phi) is 6.43. The van der Waals surface area contributed by atoms with Crippen molar-refractivity contribution < 1.29 is 23.5 Å². The van der Waals surface area contributed by atoms with Crippen molar-refractivity contribution in [2.75, 3.05) is 20.2 Å². The zero-order valence-corrected chi connectivity index (χ0v) is 14.5. The Morgan fingerprint density at radius 1 is 0.923 bits per heavy atom. The molecule has 7 heteroatoms. The molecule has 26 heavy (non-hydrogen) atoms. The summed E-state index contributed by atoms with van der Waals surface area (Å²) in [6.07, 6.45) is 0. The summed E-state index contributed by atoms with van der Waals surface area (Å²) in [6, 6.07) is 10.3. The smallest absolute Gasteiger partial charge is 0.337 e. The van der Waals surface area contributed by atoms with E-state index in [0.29, 0.717) is 11.1 Å². The molecule has 0 atom stereocenters. The molecule has 0 unspecified atom stereocenters. The van der Waals surface area contributed by atoms with Crippen LogP contribution < -0.4 is 10.6 Å². The van der Waals surface area contributed by atoms with Gasteiger partial charge in [0.15, 0.2) is 0 Å². The van der Waals surface area contributed by atoms with Crippen molar-refractivity contribution in [2.24, 2.45) is 0 Å². The van der Waals surface area contributed by atoms with Crippen molar-refractivity contribution in [3.05, 3.63) is 70.5 Å². The van der Waals surface area contributed by atoms with E-state index in [1.807, 2.05) is 0 Å². The summed E-state index contributed by atoms with van der Waals surface area (Å²) in [5.74, 6) is -1.79. The Bertz CT molecular complexity index is 836. The number of hydrogen-bond donors (Lipinski definition) is 2. The first-order valence-electron chi connectivity index (χ1n) is 7.93. The van der Waals surface area contributed by atoms with Crippen LogP contribution in [0.1, 0.15) is 36.6 Å². The first-order valence-corrected chi connectivity index (χ1v) is 7.93. The van der Waals surface area contributed by atoms with E-state index in [1.54, 1.807) is 25.1 Å². The van der Waals surface area contributed by atoms with Crippen LogP contribution in [-0.2, 0) is 4.74 Å². The minimum absolute atomic E-state index is 0.177. The Morgan fingerprint density at radius 3 is 2.08 bits per heavy atom. The molecule has 0 aromatic heterocycles. The lowest BCUT2D eigenvalue weighted by Gasteiger charge is -2.08. The van der Waals surface area contributed by atoms with Crippen molar-refractivity contribution in [3.8, 4) is 0 Å². The summed E-state index contributed by atoms with van der Waals surface area (Å²) >= 11 is 0. The van der Waals surface area contributed by atoms with Gasteiger partial charge in [-0.2, -0.15) is 0 Å². The van der Waals surface area contributed by atoms with Gasteiger partial charge in [0.1, 0.15) is 5.82 Å². The predicted octanol–water partition coefficient (Wildman–Crippen LogP) is 2.08. The summed E-state index contributed by atoms with van der Waals surface area (Å²) in [7, 11) is 1.26. The molecule has 0 saturated carbocycles. The van der Waals surface area contributed by atoms with E-state index in [9.17, 15) is 18.8 Å². The highest BCUT2D eigenvalue weighted by molar-refractivity contribution is 5.98. The number of amides is 2. The lowest BCUT2D eigenvalue weighted by Crippen LogP contribution is -2.34. The highest BCUT2D eigenvalue weighted by Gasteiger charge is 2.11. The van der Waals surface area contributed by atoms with E-state index in [2.05, 4.69) is 15.4 Å². The number of carbonyl (C=O) groups excluding carboxylic acids is 3. The molecule has 0 aliphatic heterocycles. The minimum Gasteiger partial charge on any atom is -0.465 e. The SMILES string of the molecule is COC(=O)c1cccc(C(=O)NCCNC(=O)c2ccc(C)c(F)c2)c1. The fraction of sp³-hybridized carbons (Fsp3) is 0.211. The van der Waals surface area contributed by atoms with Gasteiger partial charge in [0, 0.05) is 24.2 Å². The van der Waals surface area contributed by atoms with Gasteiger partial charge in [-0.15, -0.1) is 0 Å². The molecule has 0 heterocycles.